The summed E-state index contributed by atoms with van der Waals surface area (Å²) in [5.74, 6) is -0.701. The molecular formula is C18H17FN4O4S. The molecule has 0 fully saturated rings. The molecule has 0 radical (unpaired) electrons. The SMILES string of the molecule is CCn1c(SCC(=O)OCC(=O)Nc2ccccc2F)nnc1-c1ccco1. The van der Waals surface area contributed by atoms with Crippen LogP contribution in [0.1, 0.15) is 6.92 Å². The van der Waals surface area contributed by atoms with Gasteiger partial charge in [0.1, 0.15) is 5.82 Å². The number of nitrogens with one attached hydrogen (secondary N) is 1. The molecule has 3 aromatic rings. The summed E-state index contributed by atoms with van der Waals surface area (Å²) in [4.78, 5) is 23.7. The first-order valence-electron chi connectivity index (χ1n) is 8.38. The second kappa shape index (κ2) is 9.18. The highest BCUT2D eigenvalue weighted by Crippen LogP contribution is 2.24. The van der Waals surface area contributed by atoms with Crippen LogP contribution in [0.4, 0.5) is 10.1 Å². The molecule has 8 nitrogen and oxygen atoms in total. The molecule has 3 rings (SSSR count). The summed E-state index contributed by atoms with van der Waals surface area (Å²) in [7, 11) is 0. The molecule has 2 aromatic heterocycles. The summed E-state index contributed by atoms with van der Waals surface area (Å²) in [6.07, 6.45) is 1.54. The molecule has 146 valence electrons. The zero-order valence-corrected chi connectivity index (χ0v) is 15.7. The van der Waals surface area contributed by atoms with Crippen molar-refractivity contribution in [3.63, 3.8) is 0 Å². The third kappa shape index (κ3) is 4.77. The quantitative estimate of drug-likeness (QED) is 0.455. The molecule has 1 amide bonds. The number of halogens is 1. The smallest absolute Gasteiger partial charge is 0.316 e. The summed E-state index contributed by atoms with van der Waals surface area (Å²) in [5.41, 5.74) is 0.0272. The Hall–Kier alpha value is -3.14. The van der Waals surface area contributed by atoms with E-state index in [0.29, 0.717) is 23.3 Å². The maximum atomic E-state index is 13.5. The number of amides is 1. The molecule has 10 heteroatoms. The Labute approximate surface area is 164 Å². The number of hydrogen-bond donors (Lipinski definition) is 1. The summed E-state index contributed by atoms with van der Waals surface area (Å²) in [6, 6.07) is 9.25. The summed E-state index contributed by atoms with van der Waals surface area (Å²) < 4.78 is 25.5. The van der Waals surface area contributed by atoms with E-state index in [0.717, 1.165) is 11.8 Å². The van der Waals surface area contributed by atoms with E-state index in [1.165, 1.54) is 18.2 Å². The molecule has 0 bridgehead atoms. The molecule has 0 atom stereocenters. The fourth-order valence-electron chi connectivity index (χ4n) is 2.33. The number of thioether (sulfide) groups is 1. The highest BCUT2D eigenvalue weighted by atomic mass is 32.2. The van der Waals surface area contributed by atoms with Gasteiger partial charge in [-0.2, -0.15) is 0 Å². The molecule has 0 aliphatic heterocycles. The van der Waals surface area contributed by atoms with Crippen molar-refractivity contribution in [1.29, 1.82) is 0 Å². The molecule has 1 N–H and O–H groups in total. The van der Waals surface area contributed by atoms with Gasteiger partial charge in [-0.25, -0.2) is 4.39 Å². The van der Waals surface area contributed by atoms with Crippen LogP contribution < -0.4 is 5.32 Å². The largest absolute Gasteiger partial charge is 0.461 e. The molecule has 0 spiro atoms. The number of anilines is 1. The lowest BCUT2D eigenvalue weighted by Gasteiger charge is -2.08. The van der Waals surface area contributed by atoms with Crippen molar-refractivity contribution in [2.45, 2.75) is 18.6 Å². The van der Waals surface area contributed by atoms with Gasteiger partial charge in [0.2, 0.25) is 0 Å². The number of furan rings is 1. The van der Waals surface area contributed by atoms with Gasteiger partial charge >= 0.3 is 5.97 Å². The van der Waals surface area contributed by atoms with E-state index >= 15 is 0 Å². The number of esters is 1. The monoisotopic (exact) mass is 404 g/mol. The third-order valence-corrected chi connectivity index (χ3v) is 4.55. The predicted molar refractivity (Wildman–Crippen MR) is 100 cm³/mol. The Morgan fingerprint density at radius 3 is 2.79 bits per heavy atom. The van der Waals surface area contributed by atoms with Crippen LogP contribution >= 0.6 is 11.8 Å². The lowest BCUT2D eigenvalue weighted by atomic mass is 10.3. The second-order valence-electron chi connectivity index (χ2n) is 5.51. The first-order chi connectivity index (χ1) is 13.6. The normalized spacial score (nSPS) is 10.6. The van der Waals surface area contributed by atoms with E-state index in [-0.39, 0.29) is 11.4 Å². The van der Waals surface area contributed by atoms with Crippen LogP contribution in [-0.4, -0.2) is 39.0 Å². The maximum absolute atomic E-state index is 13.5. The van der Waals surface area contributed by atoms with Crippen molar-refractivity contribution in [3.05, 3.63) is 48.5 Å². The van der Waals surface area contributed by atoms with Crippen molar-refractivity contribution in [2.24, 2.45) is 0 Å². The van der Waals surface area contributed by atoms with Crippen LogP contribution in [0.25, 0.3) is 11.6 Å². The topological polar surface area (TPSA) is 99.2 Å². The second-order valence-corrected chi connectivity index (χ2v) is 6.45. The van der Waals surface area contributed by atoms with Crippen molar-refractivity contribution in [3.8, 4) is 11.6 Å². The number of aromatic nitrogens is 3. The third-order valence-electron chi connectivity index (χ3n) is 3.61. The molecule has 0 aliphatic carbocycles. The molecular weight excluding hydrogens is 387 g/mol. The lowest BCUT2D eigenvalue weighted by molar-refractivity contribution is -0.144. The minimum absolute atomic E-state index is 0.0272. The van der Waals surface area contributed by atoms with E-state index < -0.39 is 24.3 Å². The van der Waals surface area contributed by atoms with Gasteiger partial charge in [0.05, 0.1) is 17.7 Å². The maximum Gasteiger partial charge on any atom is 0.316 e. The summed E-state index contributed by atoms with van der Waals surface area (Å²) in [6.45, 7) is 2.00. The predicted octanol–water partition coefficient (Wildman–Crippen LogP) is 2.97. The van der Waals surface area contributed by atoms with Gasteiger partial charge in [0, 0.05) is 6.54 Å². The fourth-order valence-corrected chi connectivity index (χ4v) is 3.13. The Bertz CT molecular complexity index is 958. The number of rotatable bonds is 8. The van der Waals surface area contributed by atoms with Crippen molar-refractivity contribution in [1.82, 2.24) is 14.8 Å². The van der Waals surface area contributed by atoms with Gasteiger partial charge in [-0.1, -0.05) is 23.9 Å². The number of ether oxygens (including phenoxy) is 1. The Balaban J connectivity index is 1.49. The highest BCUT2D eigenvalue weighted by Gasteiger charge is 2.17. The van der Waals surface area contributed by atoms with E-state index in [1.807, 2.05) is 11.5 Å². The number of carbonyl (C=O) groups excluding carboxylic acids is 2. The first-order valence-corrected chi connectivity index (χ1v) is 9.37. The van der Waals surface area contributed by atoms with Crippen molar-refractivity contribution in [2.75, 3.05) is 17.7 Å². The van der Waals surface area contributed by atoms with E-state index in [9.17, 15) is 14.0 Å². The summed E-state index contributed by atoms with van der Waals surface area (Å²) >= 11 is 1.14. The van der Waals surface area contributed by atoms with Crippen LogP contribution in [0.15, 0.2) is 52.2 Å². The van der Waals surface area contributed by atoms with Crippen LogP contribution in [0.5, 0.6) is 0 Å². The molecule has 2 heterocycles. The standard InChI is InChI=1S/C18H17FN4O4S/c1-2-23-17(14-8-5-9-26-14)21-22-18(23)28-11-16(25)27-10-15(24)20-13-7-4-3-6-12(13)19/h3-9H,2,10-11H2,1H3,(H,20,24). The zero-order chi connectivity index (χ0) is 19.9. The number of benzene rings is 1. The van der Waals surface area contributed by atoms with Gasteiger partial charge in [0.15, 0.2) is 23.3 Å². The molecule has 0 saturated carbocycles. The molecule has 1 aromatic carbocycles. The average Bonchev–Trinajstić information content (AvgIpc) is 3.35. The molecule has 0 unspecified atom stereocenters. The van der Waals surface area contributed by atoms with Gasteiger partial charge in [0.25, 0.3) is 5.91 Å². The van der Waals surface area contributed by atoms with Crippen LogP contribution in [0.3, 0.4) is 0 Å². The number of nitrogens with zero attached hydrogens (tertiary/aromatic N) is 3. The fraction of sp³-hybridized carbons (Fsp3) is 0.222. The number of para-hydroxylation sites is 1. The average molecular weight is 404 g/mol. The number of carbonyl (C=O) groups is 2. The Morgan fingerprint density at radius 1 is 1.25 bits per heavy atom. The van der Waals surface area contributed by atoms with Gasteiger partial charge in [-0.3, -0.25) is 14.2 Å². The van der Waals surface area contributed by atoms with Crippen molar-refractivity contribution >= 4 is 29.3 Å². The molecule has 28 heavy (non-hydrogen) atoms. The molecule has 0 aliphatic rings. The van der Waals surface area contributed by atoms with E-state index in [1.54, 1.807) is 24.5 Å². The zero-order valence-electron chi connectivity index (χ0n) is 14.9. The van der Waals surface area contributed by atoms with Gasteiger partial charge < -0.3 is 14.5 Å². The summed E-state index contributed by atoms with van der Waals surface area (Å²) in [5, 5.41) is 11.0. The first kappa shape index (κ1) is 19.6. The Kier molecular flexibility index (Phi) is 6.43. The highest BCUT2D eigenvalue weighted by molar-refractivity contribution is 7.99. The minimum Gasteiger partial charge on any atom is -0.461 e. The van der Waals surface area contributed by atoms with E-state index in [2.05, 4.69) is 15.5 Å². The van der Waals surface area contributed by atoms with Crippen LogP contribution in [0, 0.1) is 5.82 Å². The van der Waals surface area contributed by atoms with Crippen molar-refractivity contribution < 1.29 is 23.1 Å². The van der Waals surface area contributed by atoms with Gasteiger partial charge in [-0.15, -0.1) is 10.2 Å². The van der Waals surface area contributed by atoms with E-state index in [4.69, 9.17) is 9.15 Å². The molecule has 0 saturated heterocycles. The lowest BCUT2D eigenvalue weighted by Crippen LogP contribution is -2.22. The Morgan fingerprint density at radius 2 is 2.07 bits per heavy atom. The van der Waals surface area contributed by atoms with Crippen LogP contribution in [-0.2, 0) is 20.9 Å². The number of hydrogen-bond acceptors (Lipinski definition) is 7. The minimum atomic E-state index is -0.625. The van der Waals surface area contributed by atoms with Crippen LogP contribution in [0.2, 0.25) is 0 Å². The van der Waals surface area contributed by atoms with Gasteiger partial charge in [-0.05, 0) is 31.2 Å².